The second-order valence-corrected chi connectivity index (χ2v) is 16.3. The molecule has 0 aromatic rings. The predicted molar refractivity (Wildman–Crippen MR) is 218 cm³/mol. The molecule has 0 saturated heterocycles. The maximum Gasteiger partial charge on any atom is 0.311 e. The van der Waals surface area contributed by atoms with Crippen LogP contribution < -0.4 is 0 Å². The van der Waals surface area contributed by atoms with Crippen molar-refractivity contribution in [2.75, 3.05) is 39.5 Å². The Bertz CT molecular complexity index is 745. The first-order valence-electron chi connectivity index (χ1n) is 22.5. The minimum Gasteiger partial charge on any atom is -0.466 e. The molecule has 0 heterocycles. The van der Waals surface area contributed by atoms with Crippen molar-refractivity contribution in [2.24, 2.45) is 11.3 Å². The van der Waals surface area contributed by atoms with Gasteiger partial charge in [0.25, 0.3) is 0 Å². The molecule has 0 radical (unpaired) electrons. The third-order valence-electron chi connectivity index (χ3n) is 10.8. The van der Waals surface area contributed by atoms with E-state index < -0.39 is 5.41 Å². The largest absolute Gasteiger partial charge is 0.466 e. The van der Waals surface area contributed by atoms with E-state index in [9.17, 15) is 14.7 Å². The van der Waals surface area contributed by atoms with Gasteiger partial charge in [-0.05, 0) is 77.8 Å². The maximum atomic E-state index is 13.0. The minimum atomic E-state index is -0.417. The first-order valence-corrected chi connectivity index (χ1v) is 22.5. The Morgan fingerprint density at radius 2 is 1.00 bits per heavy atom. The van der Waals surface area contributed by atoms with Crippen LogP contribution in [0.2, 0.25) is 0 Å². The Morgan fingerprint density at radius 3 is 1.57 bits per heavy atom. The van der Waals surface area contributed by atoms with E-state index in [1.54, 1.807) is 0 Å². The lowest BCUT2D eigenvalue weighted by molar-refractivity contribution is -0.154. The summed E-state index contributed by atoms with van der Waals surface area (Å²) in [5.41, 5.74) is -0.417. The van der Waals surface area contributed by atoms with Gasteiger partial charge in [-0.3, -0.25) is 9.59 Å². The van der Waals surface area contributed by atoms with Gasteiger partial charge in [-0.25, -0.2) is 0 Å². The van der Waals surface area contributed by atoms with Crippen molar-refractivity contribution in [1.29, 1.82) is 0 Å². The Labute approximate surface area is 318 Å². The quantitative estimate of drug-likeness (QED) is 0.0501. The Hall–Kier alpha value is -1.14. The fourth-order valence-electron chi connectivity index (χ4n) is 7.11. The summed E-state index contributed by atoms with van der Waals surface area (Å²) in [5, 5.41) is 9.39. The number of hydrogen-bond acceptors (Lipinski definition) is 6. The normalized spacial score (nSPS) is 11.9. The molecule has 0 aliphatic heterocycles. The molecule has 0 aliphatic carbocycles. The van der Waals surface area contributed by atoms with Crippen LogP contribution in [0.25, 0.3) is 0 Å². The van der Waals surface area contributed by atoms with E-state index in [2.05, 4.69) is 39.5 Å². The number of esters is 2. The summed E-state index contributed by atoms with van der Waals surface area (Å²) in [6, 6.07) is 0. The van der Waals surface area contributed by atoms with Gasteiger partial charge in [0, 0.05) is 19.6 Å². The molecular weight excluding hydrogens is 634 g/mol. The molecule has 51 heavy (non-hydrogen) atoms. The highest BCUT2D eigenvalue weighted by Crippen LogP contribution is 2.27. The monoisotopic (exact) mass is 724 g/mol. The van der Waals surface area contributed by atoms with E-state index >= 15 is 0 Å². The summed E-state index contributed by atoms with van der Waals surface area (Å²) in [5.74, 6) is 0.650. The zero-order valence-electron chi connectivity index (χ0n) is 35.1. The van der Waals surface area contributed by atoms with E-state index in [1.165, 1.54) is 128 Å². The van der Waals surface area contributed by atoms with Crippen LogP contribution in [-0.4, -0.2) is 61.4 Å². The number of hydrogen-bond donors (Lipinski definition) is 1. The van der Waals surface area contributed by atoms with Gasteiger partial charge in [0.15, 0.2) is 0 Å². The van der Waals surface area contributed by atoms with Crippen molar-refractivity contribution < 1.29 is 24.2 Å². The van der Waals surface area contributed by atoms with E-state index in [-0.39, 0.29) is 18.5 Å². The lowest BCUT2D eigenvalue weighted by Crippen LogP contribution is -2.28. The van der Waals surface area contributed by atoms with Crippen molar-refractivity contribution in [1.82, 2.24) is 4.90 Å². The van der Waals surface area contributed by atoms with Crippen molar-refractivity contribution in [3.05, 3.63) is 0 Å². The van der Waals surface area contributed by atoms with Gasteiger partial charge in [-0.15, -0.1) is 0 Å². The number of carbonyl (C=O) groups excluding carboxylic acids is 2. The second kappa shape index (κ2) is 37.2. The van der Waals surface area contributed by atoms with E-state index in [0.717, 1.165) is 77.4 Å². The number of aliphatic hydroxyl groups is 1. The molecule has 0 atom stereocenters. The molecule has 0 rings (SSSR count). The molecule has 6 nitrogen and oxygen atoms in total. The average Bonchev–Trinajstić information content (AvgIpc) is 3.12. The number of nitrogens with zero attached hydrogens (tertiary/aromatic N) is 1. The summed E-state index contributed by atoms with van der Waals surface area (Å²) in [4.78, 5) is 27.5. The van der Waals surface area contributed by atoms with Crippen LogP contribution in [-0.2, 0) is 19.1 Å². The first-order chi connectivity index (χ1) is 24.8. The van der Waals surface area contributed by atoms with Gasteiger partial charge in [-0.2, -0.15) is 0 Å². The van der Waals surface area contributed by atoms with Crippen LogP contribution in [0.15, 0.2) is 0 Å². The van der Waals surface area contributed by atoms with Crippen LogP contribution in [0.4, 0.5) is 0 Å². The Kier molecular flexibility index (Phi) is 36.4. The van der Waals surface area contributed by atoms with Crippen LogP contribution in [0.1, 0.15) is 227 Å². The zero-order chi connectivity index (χ0) is 37.7. The number of unbranched alkanes of at least 4 members (excludes halogenated alkanes) is 19. The molecule has 304 valence electrons. The lowest BCUT2D eigenvalue weighted by atomic mass is 9.87. The van der Waals surface area contributed by atoms with Gasteiger partial charge in [0.2, 0.25) is 0 Å². The van der Waals surface area contributed by atoms with Gasteiger partial charge < -0.3 is 19.5 Å². The van der Waals surface area contributed by atoms with Crippen LogP contribution in [0.3, 0.4) is 0 Å². The molecule has 0 aromatic heterocycles. The minimum absolute atomic E-state index is 0.0202. The molecule has 0 spiro atoms. The van der Waals surface area contributed by atoms with Crippen molar-refractivity contribution in [3.63, 3.8) is 0 Å². The fraction of sp³-hybridized carbons (Fsp3) is 0.956. The van der Waals surface area contributed by atoms with Crippen molar-refractivity contribution in [2.45, 2.75) is 227 Å². The van der Waals surface area contributed by atoms with Crippen LogP contribution in [0.5, 0.6) is 0 Å². The van der Waals surface area contributed by atoms with E-state index in [4.69, 9.17) is 9.47 Å². The predicted octanol–water partition coefficient (Wildman–Crippen LogP) is 12.8. The summed E-state index contributed by atoms with van der Waals surface area (Å²) >= 11 is 0. The molecule has 0 saturated carbocycles. The van der Waals surface area contributed by atoms with Crippen LogP contribution in [0, 0.1) is 11.3 Å². The highest BCUT2D eigenvalue weighted by atomic mass is 16.5. The summed E-state index contributed by atoms with van der Waals surface area (Å²) in [7, 11) is 0. The Morgan fingerprint density at radius 1 is 0.529 bits per heavy atom. The van der Waals surface area contributed by atoms with Crippen LogP contribution >= 0.6 is 0 Å². The first kappa shape index (κ1) is 49.9. The number of rotatable bonds is 40. The number of carbonyl (C=O) groups is 2. The van der Waals surface area contributed by atoms with Crippen molar-refractivity contribution in [3.8, 4) is 0 Å². The standard InChI is InChI=1S/C45H89NO5/c1-6-9-12-15-16-18-25-33-43(48)50-40-29-22-17-20-27-36-46(38-30-39-47)37-28-21-19-26-35-45(4,5)44(49)51-41-34-42(31-23-13-10-7-2)32-24-14-11-8-3/h42,47H,6-41H2,1-5H3. The number of aliphatic hydroxyl groups excluding tert-OH is 1. The average molecular weight is 724 g/mol. The lowest BCUT2D eigenvalue weighted by Gasteiger charge is -2.24. The SMILES string of the molecule is CCCCCCCCCC(=O)OCCCCCCCN(CCCO)CCCCCCC(C)(C)C(=O)OCCC(CCCCCC)CCCCCC. The second-order valence-electron chi connectivity index (χ2n) is 16.3. The van der Waals surface area contributed by atoms with Gasteiger partial charge in [0.05, 0.1) is 18.6 Å². The molecule has 0 aromatic carbocycles. The third-order valence-corrected chi connectivity index (χ3v) is 10.8. The Balaban J connectivity index is 4.09. The topological polar surface area (TPSA) is 76.1 Å². The smallest absolute Gasteiger partial charge is 0.311 e. The molecule has 0 amide bonds. The molecule has 6 heteroatoms. The van der Waals surface area contributed by atoms with E-state index in [0.29, 0.717) is 25.6 Å². The molecule has 0 fully saturated rings. The maximum absolute atomic E-state index is 13.0. The molecule has 1 N–H and O–H groups in total. The van der Waals surface area contributed by atoms with Crippen molar-refractivity contribution >= 4 is 11.9 Å². The van der Waals surface area contributed by atoms with Gasteiger partial charge in [0.1, 0.15) is 0 Å². The third kappa shape index (κ3) is 33.2. The molecule has 0 unspecified atom stereocenters. The molecular formula is C45H89NO5. The highest BCUT2D eigenvalue weighted by Gasteiger charge is 2.28. The number of ether oxygens (including phenoxy) is 2. The molecule has 0 bridgehead atoms. The zero-order valence-corrected chi connectivity index (χ0v) is 35.1. The summed E-state index contributed by atoms with van der Waals surface area (Å²) in [6.45, 7) is 15.4. The van der Waals surface area contributed by atoms with E-state index in [1.807, 2.05) is 0 Å². The summed E-state index contributed by atoms with van der Waals surface area (Å²) in [6.07, 6.45) is 35.1. The fourth-order valence-corrected chi connectivity index (χ4v) is 7.11. The van der Waals surface area contributed by atoms with Gasteiger partial charge >= 0.3 is 11.9 Å². The van der Waals surface area contributed by atoms with Gasteiger partial charge in [-0.1, -0.05) is 162 Å². The molecule has 0 aliphatic rings. The highest BCUT2D eigenvalue weighted by molar-refractivity contribution is 5.75. The summed E-state index contributed by atoms with van der Waals surface area (Å²) < 4.78 is 11.3.